The van der Waals surface area contributed by atoms with Gasteiger partial charge in [0, 0.05) is 19.1 Å². The van der Waals surface area contributed by atoms with Crippen LogP contribution in [0, 0.1) is 5.41 Å². The van der Waals surface area contributed by atoms with E-state index in [1.165, 1.54) is 25.2 Å². The summed E-state index contributed by atoms with van der Waals surface area (Å²) in [6, 6.07) is 0. The van der Waals surface area contributed by atoms with Crippen LogP contribution < -0.4 is 4.72 Å². The molecule has 6 nitrogen and oxygen atoms in total. The highest BCUT2D eigenvalue weighted by molar-refractivity contribution is 7.87. The molecule has 114 valence electrons. The molecule has 0 spiro atoms. The molecule has 0 aliphatic carbocycles. The van der Waals surface area contributed by atoms with Gasteiger partial charge in [-0.1, -0.05) is 13.3 Å². The first-order valence-corrected chi connectivity index (χ1v) is 7.81. The highest BCUT2D eigenvalue weighted by atomic mass is 32.2. The van der Waals surface area contributed by atoms with Crippen molar-refractivity contribution >= 4 is 16.2 Å². The van der Waals surface area contributed by atoms with E-state index in [-0.39, 0.29) is 0 Å². The largest absolute Gasteiger partial charge is 0.481 e. The Bertz CT molecular complexity index is 415. The van der Waals surface area contributed by atoms with E-state index >= 15 is 0 Å². The second-order valence-corrected chi connectivity index (χ2v) is 7.61. The van der Waals surface area contributed by atoms with Gasteiger partial charge in [0.05, 0.1) is 5.41 Å². The molecule has 0 aromatic heterocycles. The standard InChI is InChI=1S/C12H26N2O4S/c1-7-8-9-14(6)19(17,18)13-12(4,5)11(2,3)10(15)16/h13H,7-9H2,1-6H3,(H,15,16). The van der Waals surface area contributed by atoms with Crippen LogP contribution in [0.3, 0.4) is 0 Å². The average molecular weight is 294 g/mol. The second-order valence-electron chi connectivity index (χ2n) is 5.84. The number of nitrogens with zero attached hydrogens (tertiary/aromatic N) is 1. The zero-order valence-electron chi connectivity index (χ0n) is 12.6. The van der Waals surface area contributed by atoms with E-state index in [9.17, 15) is 18.3 Å². The molecular weight excluding hydrogens is 268 g/mol. The predicted molar refractivity (Wildman–Crippen MR) is 75.1 cm³/mol. The van der Waals surface area contributed by atoms with Gasteiger partial charge in [0.2, 0.25) is 0 Å². The van der Waals surface area contributed by atoms with Crippen molar-refractivity contribution in [1.82, 2.24) is 9.03 Å². The topological polar surface area (TPSA) is 86.7 Å². The number of unbranched alkanes of at least 4 members (excludes halogenated alkanes) is 1. The van der Waals surface area contributed by atoms with Crippen LogP contribution in [-0.2, 0) is 15.0 Å². The molecule has 0 bridgehead atoms. The number of hydrogen-bond acceptors (Lipinski definition) is 3. The highest BCUT2D eigenvalue weighted by Crippen LogP contribution is 2.31. The first kappa shape index (κ1) is 18.3. The number of aliphatic carboxylic acids is 1. The molecule has 0 radical (unpaired) electrons. The van der Waals surface area contributed by atoms with Crippen molar-refractivity contribution in [2.45, 2.75) is 53.0 Å². The van der Waals surface area contributed by atoms with Crippen molar-refractivity contribution in [2.75, 3.05) is 13.6 Å². The molecular formula is C12H26N2O4S. The molecule has 0 rings (SSSR count). The van der Waals surface area contributed by atoms with Gasteiger partial charge in [0.15, 0.2) is 0 Å². The Labute approximate surface area is 116 Å². The number of hydrogen-bond donors (Lipinski definition) is 2. The average Bonchev–Trinajstić information content (AvgIpc) is 2.23. The monoisotopic (exact) mass is 294 g/mol. The van der Waals surface area contributed by atoms with Crippen molar-refractivity contribution < 1.29 is 18.3 Å². The summed E-state index contributed by atoms with van der Waals surface area (Å²) in [5.74, 6) is -1.04. The van der Waals surface area contributed by atoms with E-state index in [0.29, 0.717) is 6.54 Å². The van der Waals surface area contributed by atoms with Crippen molar-refractivity contribution in [3.8, 4) is 0 Å². The quantitative estimate of drug-likeness (QED) is 0.709. The van der Waals surface area contributed by atoms with Crippen LogP contribution in [0.5, 0.6) is 0 Å². The molecule has 7 heteroatoms. The van der Waals surface area contributed by atoms with Gasteiger partial charge in [-0.3, -0.25) is 4.79 Å². The third-order valence-corrected chi connectivity index (χ3v) is 5.49. The van der Waals surface area contributed by atoms with Crippen LogP contribution >= 0.6 is 0 Å². The summed E-state index contributed by atoms with van der Waals surface area (Å²) in [4.78, 5) is 11.2. The van der Waals surface area contributed by atoms with Crippen LogP contribution in [0.2, 0.25) is 0 Å². The lowest BCUT2D eigenvalue weighted by molar-refractivity contribution is -0.150. The number of nitrogens with one attached hydrogen (secondary N) is 1. The van der Waals surface area contributed by atoms with Crippen LogP contribution in [0.15, 0.2) is 0 Å². The third-order valence-electron chi connectivity index (χ3n) is 3.72. The molecule has 0 fully saturated rings. The lowest BCUT2D eigenvalue weighted by Crippen LogP contribution is -2.59. The Morgan fingerprint density at radius 3 is 2.11 bits per heavy atom. The molecule has 0 amide bonds. The molecule has 0 atom stereocenters. The molecule has 19 heavy (non-hydrogen) atoms. The number of carboxylic acids is 1. The Hall–Kier alpha value is -0.660. The van der Waals surface area contributed by atoms with Gasteiger partial charge in [-0.25, -0.2) is 0 Å². The van der Waals surface area contributed by atoms with E-state index in [2.05, 4.69) is 4.72 Å². The number of carboxylic acid groups (broad SMARTS) is 1. The van der Waals surface area contributed by atoms with E-state index in [0.717, 1.165) is 12.8 Å². The summed E-state index contributed by atoms with van der Waals surface area (Å²) in [7, 11) is -2.20. The minimum absolute atomic E-state index is 0.412. The van der Waals surface area contributed by atoms with Crippen LogP contribution in [-0.4, -0.2) is 42.9 Å². The fourth-order valence-electron chi connectivity index (χ4n) is 1.30. The predicted octanol–water partition coefficient (Wildman–Crippen LogP) is 1.44. The van der Waals surface area contributed by atoms with Crippen LogP contribution in [0.25, 0.3) is 0 Å². The summed E-state index contributed by atoms with van der Waals surface area (Å²) >= 11 is 0. The van der Waals surface area contributed by atoms with Gasteiger partial charge in [-0.15, -0.1) is 0 Å². The summed E-state index contributed by atoms with van der Waals surface area (Å²) in [5.41, 5.74) is -2.32. The molecule has 0 aliphatic heterocycles. The van der Waals surface area contributed by atoms with E-state index in [1.807, 2.05) is 6.92 Å². The maximum Gasteiger partial charge on any atom is 0.310 e. The van der Waals surface area contributed by atoms with E-state index < -0.39 is 27.1 Å². The van der Waals surface area contributed by atoms with Crippen molar-refractivity contribution in [3.05, 3.63) is 0 Å². The minimum atomic E-state index is -3.69. The van der Waals surface area contributed by atoms with Gasteiger partial charge in [-0.2, -0.15) is 17.4 Å². The third kappa shape index (κ3) is 4.43. The van der Waals surface area contributed by atoms with E-state index in [4.69, 9.17) is 0 Å². The summed E-state index contributed by atoms with van der Waals surface area (Å²) in [6.45, 7) is 8.55. The highest BCUT2D eigenvalue weighted by Gasteiger charge is 2.46. The molecule has 0 aromatic rings. The molecule has 0 heterocycles. The molecule has 0 aliphatic rings. The maximum atomic E-state index is 12.1. The lowest BCUT2D eigenvalue weighted by atomic mass is 9.75. The van der Waals surface area contributed by atoms with Crippen molar-refractivity contribution in [1.29, 1.82) is 0 Å². The van der Waals surface area contributed by atoms with Crippen LogP contribution in [0.4, 0.5) is 0 Å². The second kappa shape index (κ2) is 6.19. The molecule has 0 saturated heterocycles. The van der Waals surface area contributed by atoms with Gasteiger partial charge < -0.3 is 5.11 Å². The van der Waals surface area contributed by atoms with Gasteiger partial charge >= 0.3 is 5.97 Å². The summed E-state index contributed by atoms with van der Waals surface area (Å²) in [6.07, 6.45) is 1.66. The zero-order valence-corrected chi connectivity index (χ0v) is 13.5. The van der Waals surface area contributed by atoms with Crippen molar-refractivity contribution in [2.24, 2.45) is 5.41 Å². The molecule has 0 saturated carbocycles. The Morgan fingerprint density at radius 1 is 1.26 bits per heavy atom. The SMILES string of the molecule is CCCCN(C)S(=O)(=O)NC(C)(C)C(C)(C)C(=O)O. The van der Waals surface area contributed by atoms with Crippen molar-refractivity contribution in [3.63, 3.8) is 0 Å². The van der Waals surface area contributed by atoms with Gasteiger partial charge in [-0.05, 0) is 34.1 Å². The van der Waals surface area contributed by atoms with Crippen LogP contribution in [0.1, 0.15) is 47.5 Å². The normalized spacial score (nSPS) is 13.8. The Balaban J connectivity index is 5.06. The summed E-state index contributed by atoms with van der Waals surface area (Å²) in [5, 5.41) is 9.21. The maximum absolute atomic E-state index is 12.1. The lowest BCUT2D eigenvalue weighted by Gasteiger charge is -2.39. The first-order chi connectivity index (χ1) is 8.38. The fraction of sp³-hybridized carbons (Fsp3) is 0.917. The number of rotatable bonds is 8. The van der Waals surface area contributed by atoms with E-state index in [1.54, 1.807) is 13.8 Å². The van der Waals surface area contributed by atoms with Gasteiger partial charge in [0.25, 0.3) is 10.2 Å². The Morgan fingerprint density at radius 2 is 1.74 bits per heavy atom. The minimum Gasteiger partial charge on any atom is -0.481 e. The smallest absolute Gasteiger partial charge is 0.310 e. The zero-order chi connectivity index (χ0) is 15.5. The molecule has 0 unspecified atom stereocenters. The van der Waals surface area contributed by atoms with Gasteiger partial charge in [0.1, 0.15) is 0 Å². The Kier molecular flexibility index (Phi) is 5.98. The number of carbonyl (C=O) groups is 1. The molecule has 0 aromatic carbocycles. The summed E-state index contributed by atoms with van der Waals surface area (Å²) < 4.78 is 28.0. The molecule has 2 N–H and O–H groups in total. The fourth-order valence-corrected chi connectivity index (χ4v) is 2.72. The first-order valence-electron chi connectivity index (χ1n) is 6.37.